The number of H-pyrrole nitrogens is 1. The molecule has 0 radical (unpaired) electrons. The molecule has 1 aromatic heterocycles. The lowest BCUT2D eigenvalue weighted by atomic mass is 9.91. The first-order chi connectivity index (χ1) is 20.7. The number of thioether (sulfide) groups is 1. The Morgan fingerprint density at radius 2 is 1.76 bits per heavy atom. The fourth-order valence-corrected chi connectivity index (χ4v) is 7.65. The normalized spacial score (nSPS) is 20.6. The van der Waals surface area contributed by atoms with Crippen LogP contribution in [0, 0.1) is 5.82 Å². The number of halogens is 1. The zero-order valence-corrected chi connectivity index (χ0v) is 24.6. The Kier molecular flexibility index (Phi) is 8.18. The lowest BCUT2D eigenvalue weighted by Crippen LogP contribution is -2.46. The lowest BCUT2D eigenvalue weighted by molar-refractivity contribution is 0.219. The molecule has 2 atom stereocenters. The second-order valence-corrected chi connectivity index (χ2v) is 12.7. The minimum absolute atomic E-state index is 0.00384. The van der Waals surface area contributed by atoms with Gasteiger partial charge in [0.25, 0.3) is 0 Å². The Bertz CT molecular complexity index is 1540. The molecule has 3 aromatic carbocycles. The van der Waals surface area contributed by atoms with Crippen LogP contribution in [-0.2, 0) is 0 Å². The molecule has 7 rings (SSSR count). The van der Waals surface area contributed by atoms with Crippen LogP contribution in [0.1, 0.15) is 42.9 Å². The van der Waals surface area contributed by atoms with E-state index in [1.807, 2.05) is 42.5 Å². The van der Waals surface area contributed by atoms with Gasteiger partial charge in [0.15, 0.2) is 0 Å². The predicted molar refractivity (Wildman–Crippen MR) is 172 cm³/mol. The van der Waals surface area contributed by atoms with Crippen LogP contribution >= 0.6 is 11.8 Å². The van der Waals surface area contributed by atoms with Gasteiger partial charge in [-0.3, -0.25) is 4.99 Å². The fourth-order valence-electron chi connectivity index (χ4n) is 6.54. The number of piperazine rings is 1. The third-order valence-electron chi connectivity index (χ3n) is 8.73. The molecule has 4 aromatic rings. The third kappa shape index (κ3) is 6.07. The molecular weight excluding hydrogens is 545 g/mol. The van der Waals surface area contributed by atoms with Gasteiger partial charge in [-0.1, -0.05) is 49.2 Å². The quantitative estimate of drug-likeness (QED) is 0.198. The van der Waals surface area contributed by atoms with Crippen molar-refractivity contribution >= 4 is 33.4 Å². The summed E-state index contributed by atoms with van der Waals surface area (Å²) < 4.78 is 21.4. The minimum Gasteiger partial charge on any atom is -0.457 e. The molecule has 2 aliphatic heterocycles. The summed E-state index contributed by atoms with van der Waals surface area (Å²) >= 11 is 1.77. The molecule has 2 unspecified atom stereocenters. The van der Waals surface area contributed by atoms with Gasteiger partial charge in [-0.25, -0.2) is 4.39 Å². The van der Waals surface area contributed by atoms with Crippen molar-refractivity contribution in [2.24, 2.45) is 4.99 Å². The molecule has 3 N–H and O–H groups in total. The summed E-state index contributed by atoms with van der Waals surface area (Å²) in [5.74, 6) is 2.34. The molecular formula is C34H38FN5OS. The Morgan fingerprint density at radius 1 is 0.976 bits per heavy atom. The van der Waals surface area contributed by atoms with E-state index in [4.69, 9.17) is 9.73 Å². The van der Waals surface area contributed by atoms with Crippen molar-refractivity contribution in [2.75, 3.05) is 43.8 Å². The number of aromatic nitrogens is 1. The molecule has 0 bridgehead atoms. The number of aliphatic imine (C=N–C) groups is 1. The van der Waals surface area contributed by atoms with Crippen molar-refractivity contribution in [3.63, 3.8) is 0 Å². The molecule has 218 valence electrons. The highest BCUT2D eigenvalue weighted by atomic mass is 32.2. The summed E-state index contributed by atoms with van der Waals surface area (Å²) in [6.07, 6.45) is 4.91. The van der Waals surface area contributed by atoms with Crippen LogP contribution in [0.25, 0.3) is 10.9 Å². The fraction of sp³-hybridized carbons (Fsp3) is 0.382. The Morgan fingerprint density at radius 3 is 2.57 bits per heavy atom. The molecule has 1 saturated carbocycles. The van der Waals surface area contributed by atoms with Gasteiger partial charge in [-0.05, 0) is 48.7 Å². The number of hydrogen-bond acceptors (Lipinski definition) is 6. The minimum atomic E-state index is -0.134. The number of ether oxygens (including phenoxy) is 1. The zero-order valence-electron chi connectivity index (χ0n) is 23.8. The predicted octanol–water partition coefficient (Wildman–Crippen LogP) is 7.00. The smallest absolute Gasteiger partial charge is 0.130 e. The first kappa shape index (κ1) is 27.5. The summed E-state index contributed by atoms with van der Waals surface area (Å²) in [5, 5.41) is 9.32. The van der Waals surface area contributed by atoms with Gasteiger partial charge >= 0.3 is 0 Å². The largest absolute Gasteiger partial charge is 0.457 e. The monoisotopic (exact) mass is 583 g/mol. The van der Waals surface area contributed by atoms with E-state index < -0.39 is 0 Å². The Hall–Kier alpha value is -3.33. The summed E-state index contributed by atoms with van der Waals surface area (Å²) in [6.45, 7) is 4.72. The summed E-state index contributed by atoms with van der Waals surface area (Å²) in [6, 6.07) is 24.1. The summed E-state index contributed by atoms with van der Waals surface area (Å²) in [7, 11) is 0. The number of hydrogen-bond donors (Lipinski definition) is 3. The molecule has 3 aliphatic rings. The van der Waals surface area contributed by atoms with Gasteiger partial charge in [-0.2, -0.15) is 0 Å². The third-order valence-corrected chi connectivity index (χ3v) is 9.84. The van der Waals surface area contributed by atoms with Crippen molar-refractivity contribution in [3.05, 3.63) is 89.9 Å². The second-order valence-electron chi connectivity index (χ2n) is 11.7. The van der Waals surface area contributed by atoms with E-state index in [0.29, 0.717) is 6.04 Å². The number of nitrogens with one attached hydrogen (secondary N) is 3. The Labute approximate surface area is 251 Å². The van der Waals surface area contributed by atoms with Crippen LogP contribution in [0.5, 0.6) is 11.5 Å². The molecule has 0 spiro atoms. The SMILES string of the molecule is Fc1ccccc1C(CN1CCNCC1)C1CSC(c2cc3cc(Oc4ccccc4)cc(NC4CCCC4)c3[nH]2)=N1. The van der Waals surface area contributed by atoms with Crippen LogP contribution in [0.2, 0.25) is 0 Å². The van der Waals surface area contributed by atoms with E-state index >= 15 is 4.39 Å². The molecule has 6 nitrogen and oxygen atoms in total. The average Bonchev–Trinajstić information content (AvgIpc) is 3.79. The van der Waals surface area contributed by atoms with E-state index in [9.17, 15) is 0 Å². The molecule has 2 fully saturated rings. The number of nitrogens with zero attached hydrogens (tertiary/aromatic N) is 2. The van der Waals surface area contributed by atoms with Crippen LogP contribution in [-0.4, -0.2) is 65.5 Å². The highest BCUT2D eigenvalue weighted by Gasteiger charge is 2.32. The van der Waals surface area contributed by atoms with E-state index in [1.54, 1.807) is 23.9 Å². The maximum absolute atomic E-state index is 15.1. The summed E-state index contributed by atoms with van der Waals surface area (Å²) in [4.78, 5) is 11.4. The highest BCUT2D eigenvalue weighted by Crippen LogP contribution is 2.38. The van der Waals surface area contributed by atoms with Crippen LogP contribution in [0.4, 0.5) is 10.1 Å². The van der Waals surface area contributed by atoms with Crippen LogP contribution < -0.4 is 15.4 Å². The van der Waals surface area contributed by atoms with Gasteiger partial charge < -0.3 is 25.3 Å². The van der Waals surface area contributed by atoms with Gasteiger partial charge in [0, 0.05) is 61.9 Å². The number of aromatic amines is 1. The van der Waals surface area contributed by atoms with Crippen molar-refractivity contribution in [1.29, 1.82) is 0 Å². The van der Waals surface area contributed by atoms with E-state index in [2.05, 4.69) is 38.7 Å². The van der Waals surface area contributed by atoms with Gasteiger partial charge in [0.05, 0.1) is 22.9 Å². The first-order valence-electron chi connectivity index (χ1n) is 15.2. The van der Waals surface area contributed by atoms with Gasteiger partial charge in [-0.15, -0.1) is 11.8 Å². The molecule has 0 amide bonds. The van der Waals surface area contributed by atoms with Crippen LogP contribution in [0.3, 0.4) is 0 Å². The standard InChI is InChI=1S/C34H38FN5OS/c35-29-13-7-6-12-27(29)28(21-40-16-14-36-15-17-40)32-22-42-34(39-32)31-19-23-18-26(41-25-10-2-1-3-11-25)20-30(33(23)38-31)37-24-8-4-5-9-24/h1-3,6-7,10-13,18-20,24,28,32,36-38H,4-5,8-9,14-17,21-22H2. The van der Waals surface area contributed by atoms with E-state index in [0.717, 1.165) is 82.9 Å². The molecule has 3 heterocycles. The maximum Gasteiger partial charge on any atom is 0.130 e. The van der Waals surface area contributed by atoms with E-state index in [1.165, 1.54) is 25.7 Å². The van der Waals surface area contributed by atoms with Gasteiger partial charge in [0.1, 0.15) is 22.4 Å². The number of fused-ring (bicyclic) bond motifs is 1. The van der Waals surface area contributed by atoms with E-state index in [-0.39, 0.29) is 17.8 Å². The maximum atomic E-state index is 15.1. The highest BCUT2D eigenvalue weighted by molar-refractivity contribution is 8.14. The van der Waals surface area contributed by atoms with Crippen molar-refractivity contribution in [3.8, 4) is 11.5 Å². The average molecular weight is 584 g/mol. The summed E-state index contributed by atoms with van der Waals surface area (Å²) in [5.41, 5.74) is 3.93. The topological polar surface area (TPSA) is 64.7 Å². The number of rotatable bonds is 9. The second kappa shape index (κ2) is 12.5. The van der Waals surface area contributed by atoms with Crippen molar-refractivity contribution in [2.45, 2.75) is 43.7 Å². The number of benzene rings is 3. The molecule has 42 heavy (non-hydrogen) atoms. The first-order valence-corrected chi connectivity index (χ1v) is 16.2. The van der Waals surface area contributed by atoms with Crippen molar-refractivity contribution in [1.82, 2.24) is 15.2 Å². The van der Waals surface area contributed by atoms with Crippen molar-refractivity contribution < 1.29 is 9.13 Å². The Balaban J connectivity index is 1.20. The molecule has 8 heteroatoms. The zero-order chi connectivity index (χ0) is 28.3. The molecule has 1 saturated heterocycles. The van der Waals surface area contributed by atoms with Gasteiger partial charge in [0.2, 0.25) is 0 Å². The van der Waals surface area contributed by atoms with Crippen LogP contribution in [0.15, 0.2) is 77.8 Å². The lowest BCUT2D eigenvalue weighted by Gasteiger charge is -2.32. The number of para-hydroxylation sites is 1. The number of anilines is 1. The molecule has 1 aliphatic carbocycles.